The fourth-order valence-electron chi connectivity index (χ4n) is 2.93. The number of carbonyl (C=O) groups excluding carboxylic acids is 1. The number of ether oxygens (including phenoxy) is 2. The van der Waals surface area contributed by atoms with Crippen LogP contribution in [0.2, 0.25) is 0 Å². The molecule has 1 atom stereocenters. The number of nitrogens with zero attached hydrogens (tertiary/aromatic N) is 1. The molecule has 7 heteroatoms. The average molecular weight is 360 g/mol. The van der Waals surface area contributed by atoms with Gasteiger partial charge < -0.3 is 19.5 Å². The van der Waals surface area contributed by atoms with Crippen molar-refractivity contribution in [2.45, 2.75) is 13.0 Å². The predicted molar refractivity (Wildman–Crippen MR) is 94.5 cm³/mol. The minimum absolute atomic E-state index is 0.223. The number of carbonyl (C=O) groups is 1. The van der Waals surface area contributed by atoms with Gasteiger partial charge in [-0.05, 0) is 17.2 Å². The number of methoxy groups -OCH3 is 2. The van der Waals surface area contributed by atoms with Gasteiger partial charge in [0, 0.05) is 12.6 Å². The molecule has 25 heavy (non-hydrogen) atoms. The van der Waals surface area contributed by atoms with E-state index in [2.05, 4.69) is 12.0 Å². The summed E-state index contributed by atoms with van der Waals surface area (Å²) in [7, 11) is 4.96. The van der Waals surface area contributed by atoms with Crippen molar-refractivity contribution in [1.82, 2.24) is 0 Å². The highest BCUT2D eigenvalue weighted by Gasteiger charge is 2.28. The first kappa shape index (κ1) is 17.4. The van der Waals surface area contributed by atoms with E-state index in [4.69, 9.17) is 9.47 Å². The third-order valence-electron chi connectivity index (χ3n) is 4.28. The zero-order chi connectivity index (χ0) is 18.0. The zero-order valence-electron chi connectivity index (χ0n) is 14.4. The largest absolute Gasteiger partial charge is 0.870 e. The van der Waals surface area contributed by atoms with Crippen LogP contribution in [0.3, 0.4) is 0 Å². The number of hydrogen-bond acceptors (Lipinski definition) is 6. The average Bonchev–Trinajstić information content (AvgIpc) is 2.97. The summed E-state index contributed by atoms with van der Waals surface area (Å²) in [5.41, 5.74) is 1.98. The Morgan fingerprint density at radius 2 is 2.20 bits per heavy atom. The maximum Gasteiger partial charge on any atom is 0.341 e. The predicted octanol–water partition coefficient (Wildman–Crippen LogP) is 0.938. The Morgan fingerprint density at radius 3 is 2.92 bits per heavy atom. The molecule has 0 bridgehead atoms. The number of thiophene rings is 1. The standard InChI is InChI=1S/C18H20N2O4S/c1-20-8-7-12-14(10-20)25-17(15(12)18(22)24-3)19-9-11-5-4-6-13(23-2)16(11)21/h4-6,9,21H,7-8,10H2,1-3H3. The maximum absolute atomic E-state index is 12.2. The molecule has 0 amide bonds. The normalized spacial score (nSPS) is 16.7. The number of rotatable bonds is 4. The van der Waals surface area contributed by atoms with Gasteiger partial charge in [-0.25, -0.2) is 9.79 Å². The molecule has 1 aromatic carbocycles. The Morgan fingerprint density at radius 1 is 1.40 bits per heavy atom. The van der Waals surface area contributed by atoms with E-state index in [1.807, 2.05) is 0 Å². The summed E-state index contributed by atoms with van der Waals surface area (Å²) in [6, 6.07) is 5.03. The van der Waals surface area contributed by atoms with Crippen LogP contribution in [0.25, 0.3) is 0 Å². The molecule has 2 heterocycles. The third kappa shape index (κ3) is 3.38. The van der Waals surface area contributed by atoms with Crippen molar-refractivity contribution in [1.29, 1.82) is 0 Å². The smallest absolute Gasteiger partial charge is 0.341 e. The second kappa shape index (κ2) is 7.25. The van der Waals surface area contributed by atoms with E-state index in [0.717, 1.165) is 30.0 Å². The monoisotopic (exact) mass is 360 g/mol. The van der Waals surface area contributed by atoms with E-state index < -0.39 is 0 Å². The Labute approximate surface area is 150 Å². The van der Waals surface area contributed by atoms with Crippen molar-refractivity contribution in [3.8, 4) is 11.5 Å². The molecular weight excluding hydrogens is 340 g/mol. The SMILES string of the molecule is COC(=O)c1c(N=Cc2cccc(OC)c2[O-])sc2c1CC[NH+](C)C2. The number of likely N-dealkylation sites (N-methyl/N-ethyl adjacent to an activating group) is 1. The zero-order valence-corrected chi connectivity index (χ0v) is 15.2. The number of quaternary nitrogens is 1. The van der Waals surface area contributed by atoms with Crippen LogP contribution < -0.4 is 14.7 Å². The van der Waals surface area contributed by atoms with Crippen LogP contribution in [0, 0.1) is 0 Å². The Bertz CT molecular complexity index is 829. The molecular formula is C18H20N2O4S. The summed E-state index contributed by atoms with van der Waals surface area (Å²) in [5, 5.41) is 12.8. The molecule has 132 valence electrons. The van der Waals surface area contributed by atoms with E-state index in [0.29, 0.717) is 16.1 Å². The molecule has 0 fully saturated rings. The number of hydrogen-bond donors (Lipinski definition) is 1. The van der Waals surface area contributed by atoms with E-state index in [1.54, 1.807) is 18.2 Å². The molecule has 3 rings (SSSR count). The van der Waals surface area contributed by atoms with Gasteiger partial charge in [0.15, 0.2) is 0 Å². The van der Waals surface area contributed by atoms with Crippen LogP contribution in [-0.4, -0.2) is 40.0 Å². The summed E-state index contributed by atoms with van der Waals surface area (Å²) in [4.78, 5) is 19.2. The number of benzene rings is 1. The van der Waals surface area contributed by atoms with Crippen LogP contribution in [0.4, 0.5) is 5.00 Å². The molecule has 2 aromatic rings. The van der Waals surface area contributed by atoms with Crippen molar-refractivity contribution in [3.63, 3.8) is 0 Å². The summed E-state index contributed by atoms with van der Waals surface area (Å²) in [5.74, 6) is -0.330. The molecule has 0 saturated heterocycles. The van der Waals surface area contributed by atoms with Gasteiger partial charge in [0.1, 0.15) is 22.9 Å². The highest BCUT2D eigenvalue weighted by Crippen LogP contribution is 2.37. The van der Waals surface area contributed by atoms with E-state index in [-0.39, 0.29) is 17.5 Å². The first-order valence-corrected chi connectivity index (χ1v) is 8.79. The van der Waals surface area contributed by atoms with E-state index in [1.165, 1.54) is 36.7 Å². The third-order valence-corrected chi connectivity index (χ3v) is 5.42. The number of fused-ring (bicyclic) bond motifs is 1. The molecule has 0 saturated carbocycles. The number of aliphatic imine (C=N–C) groups is 1. The minimum Gasteiger partial charge on any atom is -0.870 e. The van der Waals surface area contributed by atoms with Crippen LogP contribution >= 0.6 is 11.3 Å². The second-order valence-corrected chi connectivity index (χ2v) is 7.03. The van der Waals surface area contributed by atoms with Crippen LogP contribution in [0.1, 0.15) is 26.4 Å². The number of esters is 1. The van der Waals surface area contributed by atoms with Gasteiger partial charge in [-0.3, -0.25) is 0 Å². The fourth-order valence-corrected chi connectivity index (χ4v) is 4.23. The lowest BCUT2D eigenvalue weighted by atomic mass is 10.0. The Kier molecular flexibility index (Phi) is 5.06. The maximum atomic E-state index is 12.2. The first-order valence-electron chi connectivity index (χ1n) is 7.97. The summed E-state index contributed by atoms with van der Waals surface area (Å²) in [6.45, 7) is 1.84. The first-order chi connectivity index (χ1) is 12.0. The molecule has 0 radical (unpaired) electrons. The van der Waals surface area contributed by atoms with Crippen molar-refractivity contribution in [2.75, 3.05) is 27.8 Å². The highest BCUT2D eigenvalue weighted by atomic mass is 32.1. The van der Waals surface area contributed by atoms with Crippen LogP contribution in [0.5, 0.6) is 11.5 Å². The van der Waals surface area contributed by atoms with Crippen molar-refractivity contribution < 1.29 is 24.3 Å². The minimum atomic E-state index is -0.378. The topological polar surface area (TPSA) is 75.4 Å². The molecule has 1 aromatic heterocycles. The molecule has 0 aliphatic carbocycles. The molecule has 6 nitrogen and oxygen atoms in total. The lowest BCUT2D eigenvalue weighted by Gasteiger charge is -2.19. The second-order valence-electron chi connectivity index (χ2n) is 5.95. The molecule has 1 aliphatic rings. The van der Waals surface area contributed by atoms with Gasteiger partial charge in [0.25, 0.3) is 0 Å². The van der Waals surface area contributed by atoms with Gasteiger partial charge in [0.2, 0.25) is 0 Å². The molecule has 1 aliphatic heterocycles. The summed E-state index contributed by atoms with van der Waals surface area (Å²) >= 11 is 1.49. The van der Waals surface area contributed by atoms with Gasteiger partial charge in [-0.2, -0.15) is 0 Å². The Hall–Kier alpha value is -2.38. The molecule has 0 spiro atoms. The molecule has 1 N–H and O–H groups in total. The van der Waals surface area contributed by atoms with Gasteiger partial charge >= 0.3 is 5.97 Å². The summed E-state index contributed by atoms with van der Waals surface area (Å²) < 4.78 is 9.99. The lowest BCUT2D eigenvalue weighted by molar-refractivity contribution is -0.895. The van der Waals surface area contributed by atoms with Crippen molar-refractivity contribution in [2.24, 2.45) is 4.99 Å². The van der Waals surface area contributed by atoms with Gasteiger partial charge in [0.05, 0.1) is 32.7 Å². The number of nitrogens with one attached hydrogen (secondary N) is 1. The lowest BCUT2D eigenvalue weighted by Crippen LogP contribution is -3.08. The Balaban J connectivity index is 2.01. The van der Waals surface area contributed by atoms with Crippen molar-refractivity contribution >= 4 is 28.5 Å². The van der Waals surface area contributed by atoms with Gasteiger partial charge in [-0.1, -0.05) is 17.9 Å². The van der Waals surface area contributed by atoms with Crippen LogP contribution in [0.15, 0.2) is 23.2 Å². The quantitative estimate of drug-likeness (QED) is 0.650. The summed E-state index contributed by atoms with van der Waals surface area (Å²) in [6.07, 6.45) is 2.31. The van der Waals surface area contributed by atoms with Gasteiger partial charge in [-0.15, -0.1) is 11.3 Å². The molecule has 1 unspecified atom stereocenters. The van der Waals surface area contributed by atoms with E-state index in [9.17, 15) is 9.90 Å². The number of para-hydroxylation sites is 1. The van der Waals surface area contributed by atoms with E-state index >= 15 is 0 Å². The highest BCUT2D eigenvalue weighted by molar-refractivity contribution is 7.16. The van der Waals surface area contributed by atoms with Crippen molar-refractivity contribution in [3.05, 3.63) is 39.8 Å². The fraction of sp³-hybridized carbons (Fsp3) is 0.333. The van der Waals surface area contributed by atoms with Crippen LogP contribution in [-0.2, 0) is 17.7 Å².